The molecule has 1 saturated carbocycles. The number of nitrogens with two attached hydrogens (primary N) is 1. The van der Waals surface area contributed by atoms with Crippen molar-refractivity contribution in [1.29, 1.82) is 0 Å². The summed E-state index contributed by atoms with van der Waals surface area (Å²) in [5.74, 6) is 2.34. The molecule has 0 bridgehead atoms. The highest BCUT2D eigenvalue weighted by atomic mass is 16.5. The lowest BCUT2D eigenvalue weighted by atomic mass is 10.2. The van der Waals surface area contributed by atoms with Crippen LogP contribution in [0.1, 0.15) is 16.8 Å². The standard InChI is InChI=1S/C14H18N2O2/c15-14(17)10-1-3-13(4-2-10)18-6-5-16-8-11-7-12(11)9-16/h1-4,11-12H,5-9H2,(H2,15,17)/t11-,12+. The van der Waals surface area contributed by atoms with Gasteiger partial charge in [0.1, 0.15) is 12.4 Å². The highest BCUT2D eigenvalue weighted by Gasteiger charge is 2.44. The molecule has 0 spiro atoms. The minimum absolute atomic E-state index is 0.405. The predicted molar refractivity (Wildman–Crippen MR) is 68.5 cm³/mol. The van der Waals surface area contributed by atoms with Crippen molar-refractivity contribution in [3.8, 4) is 5.75 Å². The summed E-state index contributed by atoms with van der Waals surface area (Å²) in [5, 5.41) is 0. The fourth-order valence-electron chi connectivity index (χ4n) is 2.69. The molecule has 18 heavy (non-hydrogen) atoms. The number of carbonyl (C=O) groups excluding carboxylic acids is 1. The molecule has 0 unspecified atom stereocenters. The fraction of sp³-hybridized carbons (Fsp3) is 0.500. The van der Waals surface area contributed by atoms with E-state index in [4.69, 9.17) is 10.5 Å². The van der Waals surface area contributed by atoms with Gasteiger partial charge in [0.15, 0.2) is 0 Å². The van der Waals surface area contributed by atoms with E-state index in [-0.39, 0.29) is 0 Å². The molecule has 1 saturated heterocycles. The van der Waals surface area contributed by atoms with E-state index in [0.29, 0.717) is 12.2 Å². The van der Waals surface area contributed by atoms with E-state index in [2.05, 4.69) is 4.90 Å². The Balaban J connectivity index is 1.43. The zero-order valence-electron chi connectivity index (χ0n) is 10.3. The Morgan fingerprint density at radius 1 is 1.28 bits per heavy atom. The molecule has 1 aliphatic heterocycles. The van der Waals surface area contributed by atoms with Crippen LogP contribution >= 0.6 is 0 Å². The first kappa shape index (κ1) is 11.5. The van der Waals surface area contributed by atoms with Gasteiger partial charge < -0.3 is 10.5 Å². The van der Waals surface area contributed by atoms with Gasteiger partial charge in [-0.1, -0.05) is 0 Å². The van der Waals surface area contributed by atoms with Gasteiger partial charge in [0.2, 0.25) is 5.91 Å². The van der Waals surface area contributed by atoms with Crippen LogP contribution in [-0.4, -0.2) is 37.0 Å². The first-order valence-corrected chi connectivity index (χ1v) is 6.47. The van der Waals surface area contributed by atoms with E-state index in [0.717, 1.165) is 24.1 Å². The number of nitrogens with zero attached hydrogens (tertiary/aromatic N) is 1. The van der Waals surface area contributed by atoms with E-state index in [1.165, 1.54) is 19.5 Å². The van der Waals surface area contributed by atoms with Crippen molar-refractivity contribution in [2.75, 3.05) is 26.2 Å². The van der Waals surface area contributed by atoms with Crippen LogP contribution in [0.25, 0.3) is 0 Å². The lowest BCUT2D eigenvalue weighted by molar-refractivity contribution is 0.100. The average molecular weight is 246 g/mol. The summed E-state index contributed by atoms with van der Waals surface area (Å²) in [6, 6.07) is 6.98. The molecule has 96 valence electrons. The zero-order valence-corrected chi connectivity index (χ0v) is 10.3. The molecule has 1 aromatic rings. The zero-order chi connectivity index (χ0) is 12.5. The van der Waals surface area contributed by atoms with Gasteiger partial charge in [-0.25, -0.2) is 0 Å². The number of ether oxygens (including phenoxy) is 1. The predicted octanol–water partition coefficient (Wildman–Crippen LogP) is 1.12. The summed E-state index contributed by atoms with van der Waals surface area (Å²) < 4.78 is 5.66. The number of rotatable bonds is 5. The Kier molecular flexibility index (Phi) is 2.96. The van der Waals surface area contributed by atoms with Crippen molar-refractivity contribution >= 4 is 5.91 Å². The Hall–Kier alpha value is -1.55. The number of piperidine rings is 1. The molecule has 1 aromatic carbocycles. The van der Waals surface area contributed by atoms with Gasteiger partial charge in [0.25, 0.3) is 0 Å². The third-order valence-corrected chi connectivity index (χ3v) is 3.87. The first-order chi connectivity index (χ1) is 8.72. The molecule has 1 aliphatic carbocycles. The summed E-state index contributed by atoms with van der Waals surface area (Å²) in [5.41, 5.74) is 5.69. The van der Waals surface area contributed by atoms with Crippen molar-refractivity contribution < 1.29 is 9.53 Å². The van der Waals surface area contributed by atoms with Gasteiger partial charge in [-0.05, 0) is 42.5 Å². The monoisotopic (exact) mass is 246 g/mol. The van der Waals surface area contributed by atoms with Crippen molar-refractivity contribution in [3.05, 3.63) is 29.8 Å². The Labute approximate surface area is 107 Å². The number of hydrogen-bond donors (Lipinski definition) is 1. The number of carbonyl (C=O) groups is 1. The van der Waals surface area contributed by atoms with Crippen molar-refractivity contribution in [2.24, 2.45) is 17.6 Å². The molecule has 1 amide bonds. The van der Waals surface area contributed by atoms with Gasteiger partial charge in [-0.2, -0.15) is 0 Å². The SMILES string of the molecule is NC(=O)c1ccc(OCCN2C[C@H]3C[C@H]3C2)cc1. The number of fused-ring (bicyclic) bond motifs is 1. The lowest BCUT2D eigenvalue weighted by Crippen LogP contribution is -2.27. The molecule has 1 heterocycles. The maximum absolute atomic E-state index is 10.9. The lowest BCUT2D eigenvalue weighted by Gasteiger charge is -2.17. The Bertz CT molecular complexity index is 434. The van der Waals surface area contributed by atoms with Crippen LogP contribution in [0.4, 0.5) is 0 Å². The van der Waals surface area contributed by atoms with Crippen LogP contribution in [0, 0.1) is 11.8 Å². The number of amides is 1. The Morgan fingerprint density at radius 2 is 1.94 bits per heavy atom. The molecule has 2 atom stereocenters. The van der Waals surface area contributed by atoms with Crippen LogP contribution in [0.2, 0.25) is 0 Å². The van der Waals surface area contributed by atoms with Crippen LogP contribution < -0.4 is 10.5 Å². The second kappa shape index (κ2) is 4.61. The summed E-state index contributed by atoms with van der Waals surface area (Å²) in [4.78, 5) is 13.4. The normalized spacial score (nSPS) is 25.8. The summed E-state index contributed by atoms with van der Waals surface area (Å²) >= 11 is 0. The number of likely N-dealkylation sites (tertiary alicyclic amines) is 1. The van der Waals surface area contributed by atoms with E-state index in [1.54, 1.807) is 24.3 Å². The van der Waals surface area contributed by atoms with Crippen molar-refractivity contribution in [1.82, 2.24) is 4.90 Å². The van der Waals surface area contributed by atoms with Crippen molar-refractivity contribution in [3.63, 3.8) is 0 Å². The van der Waals surface area contributed by atoms with Crippen molar-refractivity contribution in [2.45, 2.75) is 6.42 Å². The molecule has 4 heteroatoms. The van der Waals surface area contributed by atoms with E-state index < -0.39 is 5.91 Å². The molecule has 2 N–H and O–H groups in total. The Morgan fingerprint density at radius 3 is 2.56 bits per heavy atom. The first-order valence-electron chi connectivity index (χ1n) is 6.47. The van der Waals surface area contributed by atoms with E-state index >= 15 is 0 Å². The van der Waals surface area contributed by atoms with E-state index in [1.807, 2.05) is 0 Å². The summed E-state index contributed by atoms with van der Waals surface area (Å²) in [7, 11) is 0. The molecule has 0 aromatic heterocycles. The third kappa shape index (κ3) is 2.48. The van der Waals surface area contributed by atoms with Crippen LogP contribution in [0.3, 0.4) is 0 Å². The molecular weight excluding hydrogens is 228 g/mol. The highest BCUT2D eigenvalue weighted by molar-refractivity contribution is 5.92. The van der Waals surface area contributed by atoms with Gasteiger partial charge in [0, 0.05) is 25.2 Å². The molecule has 2 fully saturated rings. The maximum Gasteiger partial charge on any atom is 0.248 e. The number of hydrogen-bond acceptors (Lipinski definition) is 3. The summed E-state index contributed by atoms with van der Waals surface area (Å²) in [6.07, 6.45) is 1.44. The number of benzene rings is 1. The maximum atomic E-state index is 10.9. The molecular formula is C14H18N2O2. The summed E-state index contributed by atoms with van der Waals surface area (Å²) in [6.45, 7) is 4.18. The second-order valence-electron chi connectivity index (χ2n) is 5.25. The largest absolute Gasteiger partial charge is 0.492 e. The molecule has 4 nitrogen and oxygen atoms in total. The van der Waals surface area contributed by atoms with Gasteiger partial charge in [-0.3, -0.25) is 9.69 Å². The minimum atomic E-state index is -0.405. The molecule has 3 rings (SSSR count). The highest BCUT2D eigenvalue weighted by Crippen LogP contribution is 2.44. The van der Waals surface area contributed by atoms with Crippen LogP contribution in [0.15, 0.2) is 24.3 Å². The van der Waals surface area contributed by atoms with Crippen LogP contribution in [-0.2, 0) is 0 Å². The second-order valence-corrected chi connectivity index (χ2v) is 5.25. The quantitative estimate of drug-likeness (QED) is 0.847. The topological polar surface area (TPSA) is 55.6 Å². The minimum Gasteiger partial charge on any atom is -0.492 e. The van der Waals surface area contributed by atoms with Gasteiger partial charge >= 0.3 is 0 Å². The number of primary amides is 1. The molecule has 2 aliphatic rings. The van der Waals surface area contributed by atoms with E-state index in [9.17, 15) is 4.79 Å². The van der Waals surface area contributed by atoms with Gasteiger partial charge in [0.05, 0.1) is 0 Å². The van der Waals surface area contributed by atoms with Gasteiger partial charge in [-0.15, -0.1) is 0 Å². The smallest absolute Gasteiger partial charge is 0.248 e. The van der Waals surface area contributed by atoms with Crippen LogP contribution in [0.5, 0.6) is 5.75 Å². The third-order valence-electron chi connectivity index (χ3n) is 3.87. The fourth-order valence-corrected chi connectivity index (χ4v) is 2.69. The average Bonchev–Trinajstić information content (AvgIpc) is 2.97. The molecule has 0 radical (unpaired) electrons.